The summed E-state index contributed by atoms with van der Waals surface area (Å²) in [7, 11) is 1.72. The molecule has 0 saturated carbocycles. The third-order valence-electron chi connectivity index (χ3n) is 2.69. The number of ether oxygens (including phenoxy) is 1. The van der Waals surface area contributed by atoms with Crippen LogP contribution in [0.15, 0.2) is 36.5 Å². The Labute approximate surface area is 96.9 Å². The van der Waals surface area contributed by atoms with Gasteiger partial charge in [-0.2, -0.15) is 0 Å². The van der Waals surface area contributed by atoms with Crippen LogP contribution in [0.2, 0.25) is 0 Å². The first-order valence-electron chi connectivity index (χ1n) is 5.71. The van der Waals surface area contributed by atoms with Crippen LogP contribution in [0.4, 0.5) is 0 Å². The van der Waals surface area contributed by atoms with Gasteiger partial charge in [-0.05, 0) is 18.1 Å². The van der Waals surface area contributed by atoms with Crippen LogP contribution < -0.4 is 0 Å². The van der Waals surface area contributed by atoms with E-state index in [1.807, 2.05) is 0 Å². The molecule has 0 fully saturated rings. The van der Waals surface area contributed by atoms with Crippen LogP contribution in [0.25, 0.3) is 0 Å². The van der Waals surface area contributed by atoms with Gasteiger partial charge in [0.2, 0.25) is 0 Å². The summed E-state index contributed by atoms with van der Waals surface area (Å²) in [6.07, 6.45) is 8.95. The van der Waals surface area contributed by atoms with Gasteiger partial charge in [0, 0.05) is 19.1 Å². The first-order valence-corrected chi connectivity index (χ1v) is 5.71. The van der Waals surface area contributed by atoms with E-state index in [-0.39, 0.29) is 0 Å². The van der Waals surface area contributed by atoms with E-state index in [0.29, 0.717) is 6.61 Å². The van der Waals surface area contributed by atoms with Gasteiger partial charge >= 0.3 is 0 Å². The van der Waals surface area contributed by atoms with Crippen molar-refractivity contribution in [2.24, 2.45) is 0 Å². The summed E-state index contributed by atoms with van der Waals surface area (Å²) >= 11 is 0. The minimum atomic E-state index is 0.690. The Morgan fingerprint density at radius 1 is 1.12 bits per heavy atom. The molecule has 0 unspecified atom stereocenters. The van der Waals surface area contributed by atoms with E-state index in [4.69, 9.17) is 4.74 Å². The van der Waals surface area contributed by atoms with Gasteiger partial charge in [0.15, 0.2) is 12.7 Å². The van der Waals surface area contributed by atoms with Crippen LogP contribution in [0.3, 0.4) is 0 Å². The van der Waals surface area contributed by atoms with Crippen molar-refractivity contribution in [3.05, 3.63) is 47.7 Å². The Bertz CT molecular complexity index is 390. The van der Waals surface area contributed by atoms with Crippen LogP contribution in [0.5, 0.6) is 0 Å². The van der Waals surface area contributed by atoms with Crippen LogP contribution in [-0.2, 0) is 17.9 Å². The van der Waals surface area contributed by atoms with Gasteiger partial charge in [-0.25, -0.2) is 4.58 Å². The first-order chi connectivity index (χ1) is 7.88. The van der Waals surface area contributed by atoms with Gasteiger partial charge in [-0.3, -0.25) is 0 Å². The summed E-state index contributed by atoms with van der Waals surface area (Å²) < 4.78 is 7.33. The van der Waals surface area contributed by atoms with E-state index >= 15 is 0 Å². The maximum absolute atomic E-state index is 5.09. The molecule has 0 N–H and O–H groups in total. The van der Waals surface area contributed by atoms with Gasteiger partial charge in [0.1, 0.15) is 6.21 Å². The number of hydrogen-bond acceptors (Lipinski definition) is 1. The molecule has 0 bridgehead atoms. The Hall–Kier alpha value is -1.41. The van der Waals surface area contributed by atoms with E-state index in [9.17, 15) is 0 Å². The molecule has 2 rings (SSSR count). The van der Waals surface area contributed by atoms with E-state index in [1.54, 1.807) is 7.11 Å². The van der Waals surface area contributed by atoms with Crippen molar-refractivity contribution in [2.45, 2.75) is 26.0 Å². The molecule has 84 valence electrons. The van der Waals surface area contributed by atoms with Crippen molar-refractivity contribution in [3.63, 3.8) is 0 Å². The molecule has 1 aliphatic heterocycles. The number of allylic oxidation sites excluding steroid dienone is 1. The third kappa shape index (κ3) is 3.04. The Morgan fingerprint density at radius 2 is 1.88 bits per heavy atom. The first kappa shape index (κ1) is 11.1. The molecule has 0 atom stereocenters. The van der Waals surface area contributed by atoms with Crippen molar-refractivity contribution < 1.29 is 9.31 Å². The summed E-state index contributed by atoms with van der Waals surface area (Å²) in [4.78, 5) is 0. The molecule has 0 saturated heterocycles. The highest BCUT2D eigenvalue weighted by Crippen LogP contribution is 2.08. The predicted molar refractivity (Wildman–Crippen MR) is 65.6 cm³/mol. The number of nitrogens with zero attached hydrogens (tertiary/aromatic N) is 1. The van der Waals surface area contributed by atoms with Crippen molar-refractivity contribution in [2.75, 3.05) is 7.11 Å². The zero-order valence-electron chi connectivity index (χ0n) is 9.73. The number of rotatable bonds is 4. The lowest BCUT2D eigenvalue weighted by molar-refractivity contribution is -0.472. The van der Waals surface area contributed by atoms with Gasteiger partial charge in [-0.1, -0.05) is 24.3 Å². The minimum absolute atomic E-state index is 0.690. The monoisotopic (exact) mass is 216 g/mol. The normalized spacial score (nSPS) is 14.9. The fourth-order valence-corrected chi connectivity index (χ4v) is 1.84. The lowest BCUT2D eigenvalue weighted by Crippen LogP contribution is -2.08. The molecule has 0 aromatic heterocycles. The van der Waals surface area contributed by atoms with E-state index in [2.05, 4.69) is 47.3 Å². The highest BCUT2D eigenvalue weighted by Gasteiger charge is 2.05. The number of benzene rings is 1. The SMILES string of the molecule is COCc1ccc(C[N+]2=CCCC=C2)cc1. The zero-order chi connectivity index (χ0) is 11.2. The van der Waals surface area contributed by atoms with Crippen LogP contribution in [0.1, 0.15) is 24.0 Å². The van der Waals surface area contributed by atoms with Gasteiger partial charge in [0.25, 0.3) is 0 Å². The number of methoxy groups -OCH3 is 1. The molecule has 0 spiro atoms. The molecular weight excluding hydrogens is 198 g/mol. The third-order valence-corrected chi connectivity index (χ3v) is 2.69. The fraction of sp³-hybridized carbons (Fsp3) is 0.357. The molecule has 1 aromatic carbocycles. The van der Waals surface area contributed by atoms with Crippen molar-refractivity contribution >= 4 is 6.21 Å². The lowest BCUT2D eigenvalue weighted by Gasteiger charge is -2.03. The highest BCUT2D eigenvalue weighted by molar-refractivity contribution is 5.52. The van der Waals surface area contributed by atoms with Crippen molar-refractivity contribution in [1.82, 2.24) is 0 Å². The van der Waals surface area contributed by atoms with E-state index in [1.165, 1.54) is 17.5 Å². The topological polar surface area (TPSA) is 12.2 Å². The average molecular weight is 216 g/mol. The van der Waals surface area contributed by atoms with Crippen molar-refractivity contribution in [3.8, 4) is 0 Å². The molecule has 0 amide bonds. The number of hydrogen-bond donors (Lipinski definition) is 0. The maximum atomic E-state index is 5.09. The average Bonchev–Trinajstić information content (AvgIpc) is 2.33. The Balaban J connectivity index is 1.99. The van der Waals surface area contributed by atoms with Crippen molar-refractivity contribution in [1.29, 1.82) is 0 Å². The summed E-state index contributed by atoms with van der Waals surface area (Å²) in [6, 6.07) is 8.61. The second kappa shape index (κ2) is 5.61. The Kier molecular flexibility index (Phi) is 3.89. The van der Waals surface area contributed by atoms with Crippen LogP contribution >= 0.6 is 0 Å². The zero-order valence-corrected chi connectivity index (χ0v) is 9.73. The predicted octanol–water partition coefficient (Wildman–Crippen LogP) is 2.72. The van der Waals surface area contributed by atoms with Crippen LogP contribution in [-0.4, -0.2) is 17.9 Å². The second-order valence-corrected chi connectivity index (χ2v) is 4.07. The lowest BCUT2D eigenvalue weighted by atomic mass is 10.1. The van der Waals surface area contributed by atoms with E-state index < -0.39 is 0 Å². The molecule has 0 radical (unpaired) electrons. The summed E-state index contributed by atoms with van der Waals surface area (Å²) in [5, 5.41) is 0. The molecule has 2 nitrogen and oxygen atoms in total. The standard InChI is InChI=1S/C14H18NO/c1-16-12-14-7-5-13(6-8-14)11-15-9-3-2-4-10-15/h3,5-10H,2,4,11-12H2,1H3/q+1. The molecule has 0 aliphatic carbocycles. The molecule has 16 heavy (non-hydrogen) atoms. The van der Waals surface area contributed by atoms with Gasteiger partial charge in [-0.15, -0.1) is 0 Å². The summed E-state index contributed by atoms with van der Waals surface area (Å²) in [6.45, 7) is 1.65. The summed E-state index contributed by atoms with van der Waals surface area (Å²) in [5.74, 6) is 0. The molecular formula is C14H18NO+. The smallest absolute Gasteiger partial charge is 0.173 e. The van der Waals surface area contributed by atoms with E-state index in [0.717, 1.165) is 13.0 Å². The fourth-order valence-electron chi connectivity index (χ4n) is 1.84. The van der Waals surface area contributed by atoms with Gasteiger partial charge < -0.3 is 4.74 Å². The highest BCUT2D eigenvalue weighted by atomic mass is 16.5. The maximum Gasteiger partial charge on any atom is 0.173 e. The summed E-state index contributed by atoms with van der Waals surface area (Å²) in [5.41, 5.74) is 2.56. The molecule has 1 aliphatic rings. The molecule has 1 heterocycles. The quantitative estimate of drug-likeness (QED) is 0.705. The molecule has 1 aromatic rings. The minimum Gasteiger partial charge on any atom is -0.380 e. The second-order valence-electron chi connectivity index (χ2n) is 4.07. The van der Waals surface area contributed by atoms with Crippen LogP contribution in [0, 0.1) is 0 Å². The molecule has 2 heteroatoms. The van der Waals surface area contributed by atoms with Gasteiger partial charge in [0.05, 0.1) is 6.61 Å². The largest absolute Gasteiger partial charge is 0.380 e. The Morgan fingerprint density at radius 3 is 2.50 bits per heavy atom.